The SMILES string of the molecule is C#CC1(c2cccc(C3CC3)c2)CC1. The molecule has 0 amide bonds. The van der Waals surface area contributed by atoms with E-state index in [1.54, 1.807) is 0 Å². The van der Waals surface area contributed by atoms with E-state index in [4.69, 9.17) is 6.42 Å². The Morgan fingerprint density at radius 1 is 1.29 bits per heavy atom. The van der Waals surface area contributed by atoms with E-state index in [1.165, 1.54) is 36.8 Å². The van der Waals surface area contributed by atoms with Gasteiger partial charge in [0, 0.05) is 0 Å². The third kappa shape index (κ3) is 1.16. The van der Waals surface area contributed by atoms with Crippen LogP contribution in [0.5, 0.6) is 0 Å². The zero-order chi connectivity index (χ0) is 9.60. The molecule has 2 aliphatic carbocycles. The molecule has 0 saturated heterocycles. The summed E-state index contributed by atoms with van der Waals surface area (Å²) in [5.74, 6) is 3.79. The highest BCUT2D eigenvalue weighted by Gasteiger charge is 2.42. The van der Waals surface area contributed by atoms with Crippen molar-refractivity contribution in [2.24, 2.45) is 0 Å². The average Bonchev–Trinajstić information content (AvgIpc) is 3.12. The molecule has 1 aromatic carbocycles. The number of hydrogen-bond acceptors (Lipinski definition) is 0. The third-order valence-electron chi connectivity index (χ3n) is 3.51. The highest BCUT2D eigenvalue weighted by Crippen LogP contribution is 2.49. The maximum atomic E-state index is 5.59. The van der Waals surface area contributed by atoms with Crippen molar-refractivity contribution in [3.8, 4) is 12.3 Å². The van der Waals surface area contributed by atoms with Gasteiger partial charge in [0.15, 0.2) is 0 Å². The zero-order valence-electron chi connectivity index (χ0n) is 8.29. The Morgan fingerprint density at radius 2 is 2.07 bits per heavy atom. The smallest absolute Gasteiger partial charge is 0.0561 e. The van der Waals surface area contributed by atoms with Gasteiger partial charge in [-0.3, -0.25) is 0 Å². The number of benzene rings is 1. The summed E-state index contributed by atoms with van der Waals surface area (Å²) in [7, 11) is 0. The minimum Gasteiger partial charge on any atom is -0.119 e. The fourth-order valence-corrected chi connectivity index (χ4v) is 2.15. The summed E-state index contributed by atoms with van der Waals surface area (Å²) in [5, 5.41) is 0. The van der Waals surface area contributed by atoms with Crippen LogP contribution < -0.4 is 0 Å². The van der Waals surface area contributed by atoms with Gasteiger partial charge in [-0.2, -0.15) is 0 Å². The Hall–Kier alpha value is -1.22. The second kappa shape index (κ2) is 2.64. The number of rotatable bonds is 2. The highest BCUT2D eigenvalue weighted by molar-refractivity contribution is 5.43. The normalized spacial score (nSPS) is 22.8. The van der Waals surface area contributed by atoms with Crippen LogP contribution in [0.25, 0.3) is 0 Å². The van der Waals surface area contributed by atoms with E-state index < -0.39 is 0 Å². The molecule has 2 aliphatic rings. The molecule has 0 heteroatoms. The summed E-state index contributed by atoms with van der Waals surface area (Å²) < 4.78 is 0. The molecule has 0 radical (unpaired) electrons. The average molecular weight is 182 g/mol. The van der Waals surface area contributed by atoms with Crippen molar-refractivity contribution in [2.75, 3.05) is 0 Å². The molecule has 3 rings (SSSR count). The van der Waals surface area contributed by atoms with Gasteiger partial charge in [0.2, 0.25) is 0 Å². The van der Waals surface area contributed by atoms with Gasteiger partial charge in [-0.05, 0) is 42.7 Å². The van der Waals surface area contributed by atoms with Crippen molar-refractivity contribution in [1.82, 2.24) is 0 Å². The fourth-order valence-electron chi connectivity index (χ4n) is 2.15. The fraction of sp³-hybridized carbons (Fsp3) is 0.429. The van der Waals surface area contributed by atoms with Crippen molar-refractivity contribution in [3.63, 3.8) is 0 Å². The molecule has 0 bridgehead atoms. The molecule has 0 aliphatic heterocycles. The quantitative estimate of drug-likeness (QED) is 0.616. The van der Waals surface area contributed by atoms with Crippen molar-refractivity contribution < 1.29 is 0 Å². The molecule has 70 valence electrons. The van der Waals surface area contributed by atoms with Gasteiger partial charge in [-0.25, -0.2) is 0 Å². The van der Waals surface area contributed by atoms with Crippen molar-refractivity contribution >= 4 is 0 Å². The van der Waals surface area contributed by atoms with Crippen LogP contribution >= 0.6 is 0 Å². The predicted octanol–water partition coefficient (Wildman–Crippen LogP) is 3.23. The Morgan fingerprint density at radius 3 is 2.64 bits per heavy atom. The Balaban J connectivity index is 1.99. The molecule has 0 heterocycles. The first-order chi connectivity index (χ1) is 6.84. The van der Waals surface area contributed by atoms with Crippen LogP contribution in [0, 0.1) is 12.3 Å². The highest BCUT2D eigenvalue weighted by atomic mass is 14.4. The van der Waals surface area contributed by atoms with E-state index in [1.807, 2.05) is 0 Å². The summed E-state index contributed by atoms with van der Waals surface area (Å²) in [6, 6.07) is 8.94. The van der Waals surface area contributed by atoms with Crippen LogP contribution in [0.2, 0.25) is 0 Å². The molecule has 14 heavy (non-hydrogen) atoms. The molecule has 0 spiro atoms. The summed E-state index contributed by atoms with van der Waals surface area (Å²) >= 11 is 0. The monoisotopic (exact) mass is 182 g/mol. The van der Waals surface area contributed by atoms with E-state index in [2.05, 4.69) is 30.2 Å². The largest absolute Gasteiger partial charge is 0.119 e. The van der Waals surface area contributed by atoms with Crippen LogP contribution in [0.1, 0.15) is 42.7 Å². The van der Waals surface area contributed by atoms with Crippen LogP contribution in [0.15, 0.2) is 24.3 Å². The van der Waals surface area contributed by atoms with Crippen molar-refractivity contribution in [1.29, 1.82) is 0 Å². The molecule has 0 atom stereocenters. The second-order valence-corrected chi connectivity index (χ2v) is 4.63. The molecule has 0 unspecified atom stereocenters. The van der Waals surface area contributed by atoms with Gasteiger partial charge in [0.05, 0.1) is 5.41 Å². The topological polar surface area (TPSA) is 0 Å². The molecular formula is C14H14. The first-order valence-electron chi connectivity index (χ1n) is 5.42. The van der Waals surface area contributed by atoms with E-state index in [-0.39, 0.29) is 5.41 Å². The second-order valence-electron chi connectivity index (χ2n) is 4.63. The third-order valence-corrected chi connectivity index (χ3v) is 3.51. The van der Waals surface area contributed by atoms with Crippen LogP contribution in [-0.4, -0.2) is 0 Å². The van der Waals surface area contributed by atoms with Gasteiger partial charge in [-0.1, -0.05) is 30.2 Å². The minimum atomic E-state index is 0.116. The van der Waals surface area contributed by atoms with E-state index in [0.717, 1.165) is 5.92 Å². The van der Waals surface area contributed by atoms with E-state index in [0.29, 0.717) is 0 Å². The van der Waals surface area contributed by atoms with Gasteiger partial charge in [0.25, 0.3) is 0 Å². The standard InChI is InChI=1S/C14H14/c1-2-14(8-9-14)13-5-3-4-12(10-13)11-6-7-11/h1,3-5,10-11H,6-9H2. The number of hydrogen-bond donors (Lipinski definition) is 0. The summed E-state index contributed by atoms with van der Waals surface area (Å²) in [6.07, 6.45) is 10.7. The zero-order valence-corrected chi connectivity index (χ0v) is 8.29. The lowest BCUT2D eigenvalue weighted by molar-refractivity contribution is 0.922. The van der Waals surface area contributed by atoms with Crippen LogP contribution in [0.4, 0.5) is 0 Å². The lowest BCUT2D eigenvalue weighted by Gasteiger charge is -2.09. The summed E-state index contributed by atoms with van der Waals surface area (Å²) in [5.41, 5.74) is 3.00. The summed E-state index contributed by atoms with van der Waals surface area (Å²) in [4.78, 5) is 0. The van der Waals surface area contributed by atoms with E-state index in [9.17, 15) is 0 Å². The molecule has 2 saturated carbocycles. The van der Waals surface area contributed by atoms with Crippen molar-refractivity contribution in [2.45, 2.75) is 37.0 Å². The van der Waals surface area contributed by atoms with Crippen LogP contribution in [0.3, 0.4) is 0 Å². The lowest BCUT2D eigenvalue weighted by Crippen LogP contribution is -2.02. The predicted molar refractivity (Wildman–Crippen MR) is 58.2 cm³/mol. The molecule has 0 nitrogen and oxygen atoms in total. The Kier molecular flexibility index (Phi) is 1.53. The van der Waals surface area contributed by atoms with Gasteiger partial charge in [0.1, 0.15) is 0 Å². The van der Waals surface area contributed by atoms with Gasteiger partial charge >= 0.3 is 0 Å². The lowest BCUT2D eigenvalue weighted by atomic mass is 9.94. The van der Waals surface area contributed by atoms with E-state index >= 15 is 0 Å². The Labute approximate surface area is 85.3 Å². The molecule has 1 aromatic rings. The molecule has 0 N–H and O–H groups in total. The first-order valence-corrected chi connectivity index (χ1v) is 5.42. The molecule has 2 fully saturated rings. The van der Waals surface area contributed by atoms with Crippen molar-refractivity contribution in [3.05, 3.63) is 35.4 Å². The maximum Gasteiger partial charge on any atom is 0.0561 e. The minimum absolute atomic E-state index is 0.116. The maximum absolute atomic E-state index is 5.59. The van der Waals surface area contributed by atoms with Gasteiger partial charge in [-0.15, -0.1) is 6.42 Å². The first kappa shape index (κ1) is 8.12. The summed E-state index contributed by atoms with van der Waals surface area (Å²) in [6.45, 7) is 0. The molecule has 0 aromatic heterocycles. The Bertz CT molecular complexity index is 400. The number of terminal acetylenes is 1. The van der Waals surface area contributed by atoms with Gasteiger partial charge < -0.3 is 0 Å². The molecular weight excluding hydrogens is 168 g/mol. The van der Waals surface area contributed by atoms with Crippen LogP contribution in [-0.2, 0) is 5.41 Å².